The second kappa shape index (κ2) is 10.5. The van der Waals surface area contributed by atoms with Gasteiger partial charge in [0.2, 0.25) is 17.7 Å². The monoisotopic (exact) mass is 466 g/mol. The van der Waals surface area contributed by atoms with Crippen LogP contribution in [-0.4, -0.2) is 63.8 Å². The van der Waals surface area contributed by atoms with Crippen molar-refractivity contribution >= 4 is 35.0 Å². The molecule has 0 aliphatic carbocycles. The van der Waals surface area contributed by atoms with Gasteiger partial charge in [-0.2, -0.15) is 0 Å². The first-order valence-corrected chi connectivity index (χ1v) is 11.8. The average molecular weight is 467 g/mol. The van der Waals surface area contributed by atoms with Gasteiger partial charge in [-0.3, -0.25) is 14.6 Å². The molecular formula is C23H26N6O3S. The Kier molecular flexibility index (Phi) is 7.23. The summed E-state index contributed by atoms with van der Waals surface area (Å²) in [6.45, 7) is 6.91. The maximum Gasteiger partial charge on any atom is 0.277 e. The lowest BCUT2D eigenvalue weighted by molar-refractivity contribution is -0.134. The number of hydrogen-bond acceptors (Lipinski definition) is 8. The number of anilines is 2. The second-order valence-electron chi connectivity index (χ2n) is 7.97. The van der Waals surface area contributed by atoms with E-state index in [0.717, 1.165) is 43.1 Å². The predicted molar refractivity (Wildman–Crippen MR) is 127 cm³/mol. The Morgan fingerprint density at radius 2 is 1.85 bits per heavy atom. The standard InChI is InChI=1S/C23H26N6O3S/c1-16(2)22(31)29-12-10-28(11-13-29)19-7-5-18(6-8-19)25-20(30)15-33-23-27-26-21(32-23)17-4-3-9-24-14-17/h3-9,14,16H,10-13,15H2,1-2H3,(H,25,30). The zero-order chi connectivity index (χ0) is 23.2. The van der Waals surface area contributed by atoms with E-state index in [1.165, 1.54) is 11.8 Å². The number of thioether (sulfide) groups is 1. The minimum Gasteiger partial charge on any atom is -0.411 e. The van der Waals surface area contributed by atoms with E-state index in [0.29, 0.717) is 11.1 Å². The van der Waals surface area contributed by atoms with Crippen LogP contribution < -0.4 is 10.2 Å². The van der Waals surface area contributed by atoms with Gasteiger partial charge in [0, 0.05) is 55.9 Å². The third kappa shape index (κ3) is 5.89. The Morgan fingerprint density at radius 3 is 2.52 bits per heavy atom. The fraction of sp³-hybridized carbons (Fsp3) is 0.348. The van der Waals surface area contributed by atoms with Crippen molar-refractivity contribution in [2.24, 2.45) is 5.92 Å². The van der Waals surface area contributed by atoms with Crippen molar-refractivity contribution in [1.29, 1.82) is 0 Å². The van der Waals surface area contributed by atoms with Crippen LogP contribution in [0.2, 0.25) is 0 Å². The molecule has 33 heavy (non-hydrogen) atoms. The summed E-state index contributed by atoms with van der Waals surface area (Å²) in [5.41, 5.74) is 2.53. The van der Waals surface area contributed by atoms with Gasteiger partial charge < -0.3 is 19.5 Å². The fourth-order valence-electron chi connectivity index (χ4n) is 3.50. The largest absolute Gasteiger partial charge is 0.411 e. The highest BCUT2D eigenvalue weighted by molar-refractivity contribution is 7.99. The van der Waals surface area contributed by atoms with Gasteiger partial charge in [0.25, 0.3) is 5.22 Å². The third-order valence-corrected chi connectivity index (χ3v) is 6.06. The van der Waals surface area contributed by atoms with Crippen molar-refractivity contribution in [3.63, 3.8) is 0 Å². The van der Waals surface area contributed by atoms with Crippen LogP contribution in [0.15, 0.2) is 58.4 Å². The Balaban J connectivity index is 1.24. The third-order valence-electron chi connectivity index (χ3n) is 5.24. The molecule has 9 nitrogen and oxygen atoms in total. The van der Waals surface area contributed by atoms with Crippen LogP contribution in [0.5, 0.6) is 0 Å². The highest BCUT2D eigenvalue weighted by Gasteiger charge is 2.23. The van der Waals surface area contributed by atoms with E-state index in [1.54, 1.807) is 18.5 Å². The Bertz CT molecular complexity index is 1080. The SMILES string of the molecule is CC(C)C(=O)N1CCN(c2ccc(NC(=O)CSc3nnc(-c4cccnc4)o3)cc2)CC1. The number of carbonyl (C=O) groups excluding carboxylic acids is 2. The lowest BCUT2D eigenvalue weighted by atomic mass is 10.1. The Hall–Kier alpha value is -3.40. The molecule has 1 aromatic carbocycles. The quantitative estimate of drug-likeness (QED) is 0.530. The van der Waals surface area contributed by atoms with E-state index in [1.807, 2.05) is 49.1 Å². The summed E-state index contributed by atoms with van der Waals surface area (Å²) in [5.74, 6) is 0.605. The molecule has 0 bridgehead atoms. The van der Waals surface area contributed by atoms with Gasteiger partial charge in [0.05, 0.1) is 11.3 Å². The molecule has 1 fully saturated rings. The number of pyridine rings is 1. The number of hydrogen-bond donors (Lipinski definition) is 1. The zero-order valence-corrected chi connectivity index (χ0v) is 19.4. The lowest BCUT2D eigenvalue weighted by Gasteiger charge is -2.37. The minimum atomic E-state index is -0.158. The van der Waals surface area contributed by atoms with E-state index in [-0.39, 0.29) is 23.5 Å². The number of nitrogens with zero attached hydrogens (tertiary/aromatic N) is 5. The molecule has 2 amide bonds. The van der Waals surface area contributed by atoms with Crippen LogP contribution in [0, 0.1) is 5.92 Å². The van der Waals surface area contributed by atoms with Crippen LogP contribution in [0.1, 0.15) is 13.8 Å². The van der Waals surface area contributed by atoms with Crippen LogP contribution in [-0.2, 0) is 9.59 Å². The van der Waals surface area contributed by atoms with Crippen molar-refractivity contribution in [2.45, 2.75) is 19.1 Å². The molecule has 0 spiro atoms. The molecule has 1 aliphatic rings. The topological polar surface area (TPSA) is 104 Å². The number of carbonyl (C=O) groups is 2. The highest BCUT2D eigenvalue weighted by Crippen LogP contribution is 2.23. The van der Waals surface area contributed by atoms with Crippen LogP contribution in [0.3, 0.4) is 0 Å². The van der Waals surface area contributed by atoms with E-state index in [9.17, 15) is 9.59 Å². The van der Waals surface area contributed by atoms with E-state index in [4.69, 9.17) is 4.42 Å². The van der Waals surface area contributed by atoms with Crippen LogP contribution >= 0.6 is 11.8 Å². The summed E-state index contributed by atoms with van der Waals surface area (Å²) in [6, 6.07) is 11.4. The van der Waals surface area contributed by atoms with E-state index in [2.05, 4.69) is 25.4 Å². The van der Waals surface area contributed by atoms with E-state index >= 15 is 0 Å². The number of amides is 2. The number of aromatic nitrogens is 3. The Morgan fingerprint density at radius 1 is 1.09 bits per heavy atom. The van der Waals surface area contributed by atoms with Crippen molar-refractivity contribution in [1.82, 2.24) is 20.1 Å². The molecule has 4 rings (SSSR count). The summed E-state index contributed by atoms with van der Waals surface area (Å²) >= 11 is 1.18. The van der Waals surface area contributed by atoms with Gasteiger partial charge in [0.1, 0.15) is 0 Å². The smallest absolute Gasteiger partial charge is 0.277 e. The van der Waals surface area contributed by atoms with Gasteiger partial charge in [-0.25, -0.2) is 0 Å². The maximum atomic E-state index is 12.3. The normalized spacial score (nSPS) is 13.9. The summed E-state index contributed by atoms with van der Waals surface area (Å²) in [5, 5.41) is 11.2. The molecule has 3 aromatic rings. The molecule has 3 heterocycles. The first-order valence-electron chi connectivity index (χ1n) is 10.8. The summed E-state index contributed by atoms with van der Waals surface area (Å²) in [6.07, 6.45) is 3.31. The Labute approximate surface area is 196 Å². The summed E-state index contributed by atoms with van der Waals surface area (Å²) < 4.78 is 5.58. The van der Waals surface area contributed by atoms with E-state index < -0.39 is 0 Å². The van der Waals surface area contributed by atoms with Crippen molar-refractivity contribution in [3.05, 3.63) is 48.8 Å². The van der Waals surface area contributed by atoms with Gasteiger partial charge in [-0.15, -0.1) is 10.2 Å². The molecule has 0 radical (unpaired) electrons. The lowest BCUT2D eigenvalue weighted by Crippen LogP contribution is -2.49. The molecule has 1 aliphatic heterocycles. The molecule has 0 unspecified atom stereocenters. The van der Waals surface area contributed by atoms with Gasteiger partial charge in [0.15, 0.2) is 0 Å². The van der Waals surface area contributed by atoms with Gasteiger partial charge in [-0.1, -0.05) is 25.6 Å². The molecule has 10 heteroatoms. The van der Waals surface area contributed by atoms with Crippen LogP contribution in [0.25, 0.3) is 11.5 Å². The molecule has 172 valence electrons. The number of nitrogens with one attached hydrogen (secondary N) is 1. The fourth-order valence-corrected chi connectivity index (χ4v) is 4.07. The average Bonchev–Trinajstić information content (AvgIpc) is 3.33. The van der Waals surface area contributed by atoms with Crippen molar-refractivity contribution in [3.8, 4) is 11.5 Å². The van der Waals surface area contributed by atoms with Crippen LogP contribution in [0.4, 0.5) is 11.4 Å². The minimum absolute atomic E-state index is 0.0284. The molecule has 1 saturated heterocycles. The second-order valence-corrected chi connectivity index (χ2v) is 8.89. The maximum absolute atomic E-state index is 12.3. The number of benzene rings is 1. The first kappa shape index (κ1) is 22.8. The summed E-state index contributed by atoms with van der Waals surface area (Å²) in [7, 11) is 0. The molecular weight excluding hydrogens is 440 g/mol. The molecule has 0 atom stereocenters. The zero-order valence-electron chi connectivity index (χ0n) is 18.6. The summed E-state index contributed by atoms with van der Waals surface area (Å²) in [4.78, 5) is 32.7. The van der Waals surface area contributed by atoms with Crippen molar-refractivity contribution < 1.29 is 14.0 Å². The highest BCUT2D eigenvalue weighted by atomic mass is 32.2. The molecule has 1 N–H and O–H groups in total. The number of rotatable bonds is 7. The first-order chi connectivity index (χ1) is 16.0. The van der Waals surface area contributed by atoms with Gasteiger partial charge >= 0.3 is 0 Å². The molecule has 2 aromatic heterocycles. The van der Waals surface area contributed by atoms with Crippen molar-refractivity contribution in [2.75, 3.05) is 42.1 Å². The van der Waals surface area contributed by atoms with Gasteiger partial charge in [-0.05, 0) is 36.4 Å². The predicted octanol–water partition coefficient (Wildman–Crippen LogP) is 3.17. The number of piperazine rings is 1. The molecule has 0 saturated carbocycles.